The minimum absolute atomic E-state index is 0.100. The van der Waals surface area contributed by atoms with Crippen LogP contribution in [-0.4, -0.2) is 13.1 Å². The summed E-state index contributed by atoms with van der Waals surface area (Å²) < 4.78 is 13.4. The minimum Gasteiger partial charge on any atom is -0.317 e. The lowest BCUT2D eigenvalue weighted by molar-refractivity contribution is 0.280. The Hall–Kier alpha value is -0.890. The van der Waals surface area contributed by atoms with Gasteiger partial charge in [0.1, 0.15) is 5.82 Å². The van der Waals surface area contributed by atoms with Gasteiger partial charge in [0, 0.05) is 0 Å². The Morgan fingerprint density at radius 2 is 2.06 bits per heavy atom. The van der Waals surface area contributed by atoms with Crippen molar-refractivity contribution in [3.8, 4) is 0 Å². The number of hydrogen-bond acceptors (Lipinski definition) is 1. The molecule has 0 saturated carbocycles. The highest BCUT2D eigenvalue weighted by atomic mass is 19.1. The van der Waals surface area contributed by atoms with Crippen LogP contribution in [0.15, 0.2) is 24.3 Å². The predicted octanol–water partition coefficient (Wildman–Crippen LogP) is 3.64. The minimum atomic E-state index is -0.100. The van der Waals surface area contributed by atoms with Gasteiger partial charge in [-0.15, -0.1) is 0 Å². The molecule has 0 radical (unpaired) electrons. The number of hydrogen-bond donors (Lipinski definition) is 1. The molecule has 2 rings (SSSR count). The van der Waals surface area contributed by atoms with Crippen molar-refractivity contribution in [1.82, 2.24) is 5.32 Å². The molecule has 1 aromatic rings. The monoisotopic (exact) mass is 235 g/mol. The first-order valence-electron chi connectivity index (χ1n) is 6.74. The number of rotatable bonds is 4. The zero-order chi connectivity index (χ0) is 12.1. The van der Waals surface area contributed by atoms with E-state index >= 15 is 0 Å². The summed E-state index contributed by atoms with van der Waals surface area (Å²) in [5.74, 6) is -0.100. The first-order chi connectivity index (χ1) is 8.27. The Labute approximate surface area is 103 Å². The average molecular weight is 235 g/mol. The molecule has 0 unspecified atom stereocenters. The molecule has 0 bridgehead atoms. The van der Waals surface area contributed by atoms with Crippen LogP contribution in [0.5, 0.6) is 0 Å². The van der Waals surface area contributed by atoms with E-state index in [-0.39, 0.29) is 11.2 Å². The van der Waals surface area contributed by atoms with E-state index in [4.69, 9.17) is 0 Å². The van der Waals surface area contributed by atoms with Crippen LogP contribution in [0.4, 0.5) is 4.39 Å². The molecular weight excluding hydrogens is 213 g/mol. The molecule has 1 aliphatic heterocycles. The van der Waals surface area contributed by atoms with E-state index < -0.39 is 0 Å². The van der Waals surface area contributed by atoms with Crippen molar-refractivity contribution >= 4 is 0 Å². The zero-order valence-electron chi connectivity index (χ0n) is 10.6. The Morgan fingerprint density at radius 3 is 2.71 bits per heavy atom. The molecule has 0 atom stereocenters. The number of piperidine rings is 1. The number of nitrogens with one attached hydrogen (secondary N) is 1. The van der Waals surface area contributed by atoms with Crippen LogP contribution in [0.3, 0.4) is 0 Å². The second-order valence-electron chi connectivity index (χ2n) is 5.14. The third-order valence-electron chi connectivity index (χ3n) is 4.01. The van der Waals surface area contributed by atoms with Crippen LogP contribution in [-0.2, 0) is 5.41 Å². The van der Waals surface area contributed by atoms with Gasteiger partial charge in [-0.1, -0.05) is 31.9 Å². The van der Waals surface area contributed by atoms with Crippen LogP contribution in [0.1, 0.15) is 44.6 Å². The van der Waals surface area contributed by atoms with Crippen molar-refractivity contribution in [3.63, 3.8) is 0 Å². The highest BCUT2D eigenvalue weighted by Crippen LogP contribution is 2.38. The molecule has 17 heavy (non-hydrogen) atoms. The molecule has 94 valence electrons. The van der Waals surface area contributed by atoms with Crippen LogP contribution in [0, 0.1) is 5.82 Å². The van der Waals surface area contributed by atoms with E-state index in [2.05, 4.69) is 18.3 Å². The standard InChI is InChI=1S/C15H22FN/c1-2-3-7-15(8-10-17-11-9-15)13-5-4-6-14(16)12-13/h4-6,12,17H,2-3,7-11H2,1H3. The average Bonchev–Trinajstić information content (AvgIpc) is 2.37. The van der Waals surface area contributed by atoms with E-state index in [0.717, 1.165) is 25.9 Å². The van der Waals surface area contributed by atoms with Gasteiger partial charge >= 0.3 is 0 Å². The van der Waals surface area contributed by atoms with Gasteiger partial charge < -0.3 is 5.32 Å². The molecule has 0 amide bonds. The SMILES string of the molecule is CCCCC1(c2cccc(F)c2)CCNCC1. The van der Waals surface area contributed by atoms with Gasteiger partial charge in [-0.05, 0) is 55.5 Å². The largest absolute Gasteiger partial charge is 0.317 e. The van der Waals surface area contributed by atoms with Gasteiger partial charge in [0.05, 0.1) is 0 Å². The predicted molar refractivity (Wildman–Crippen MR) is 69.7 cm³/mol. The van der Waals surface area contributed by atoms with Crippen molar-refractivity contribution in [2.24, 2.45) is 0 Å². The van der Waals surface area contributed by atoms with Crippen LogP contribution in [0.2, 0.25) is 0 Å². The second kappa shape index (κ2) is 5.63. The summed E-state index contributed by atoms with van der Waals surface area (Å²) in [4.78, 5) is 0. The maximum absolute atomic E-state index is 13.4. The molecule has 0 spiro atoms. The molecule has 1 heterocycles. The van der Waals surface area contributed by atoms with Crippen LogP contribution < -0.4 is 5.32 Å². The highest BCUT2D eigenvalue weighted by molar-refractivity contribution is 5.27. The lowest BCUT2D eigenvalue weighted by Crippen LogP contribution is -2.39. The van der Waals surface area contributed by atoms with Crippen LogP contribution in [0.25, 0.3) is 0 Å². The fourth-order valence-corrected chi connectivity index (χ4v) is 2.92. The summed E-state index contributed by atoms with van der Waals surface area (Å²) in [7, 11) is 0. The Morgan fingerprint density at radius 1 is 1.29 bits per heavy atom. The summed E-state index contributed by atoms with van der Waals surface area (Å²) in [5.41, 5.74) is 1.41. The zero-order valence-corrected chi connectivity index (χ0v) is 10.6. The second-order valence-corrected chi connectivity index (χ2v) is 5.14. The maximum atomic E-state index is 13.4. The van der Waals surface area contributed by atoms with E-state index in [1.54, 1.807) is 6.07 Å². The molecule has 1 aromatic carbocycles. The van der Waals surface area contributed by atoms with Gasteiger partial charge in [0.25, 0.3) is 0 Å². The van der Waals surface area contributed by atoms with Gasteiger partial charge in [-0.2, -0.15) is 0 Å². The van der Waals surface area contributed by atoms with Crippen molar-refractivity contribution in [3.05, 3.63) is 35.6 Å². The van der Waals surface area contributed by atoms with Gasteiger partial charge in [-0.25, -0.2) is 4.39 Å². The van der Waals surface area contributed by atoms with Crippen molar-refractivity contribution in [2.45, 2.75) is 44.4 Å². The molecule has 1 fully saturated rings. The Bertz CT molecular complexity index is 356. The normalized spacial score (nSPS) is 19.2. The summed E-state index contributed by atoms with van der Waals surface area (Å²) in [6.07, 6.45) is 5.91. The van der Waals surface area contributed by atoms with E-state index in [9.17, 15) is 4.39 Å². The summed E-state index contributed by atoms with van der Waals surface area (Å²) >= 11 is 0. The van der Waals surface area contributed by atoms with E-state index in [1.807, 2.05) is 6.07 Å². The lowest BCUT2D eigenvalue weighted by atomic mass is 9.70. The fraction of sp³-hybridized carbons (Fsp3) is 0.600. The quantitative estimate of drug-likeness (QED) is 0.840. The summed E-state index contributed by atoms with van der Waals surface area (Å²) in [6, 6.07) is 7.23. The number of halogens is 1. The molecule has 1 aliphatic rings. The third kappa shape index (κ3) is 2.86. The molecule has 1 N–H and O–H groups in total. The number of unbranched alkanes of at least 4 members (excludes halogenated alkanes) is 1. The van der Waals surface area contributed by atoms with Crippen molar-refractivity contribution in [2.75, 3.05) is 13.1 Å². The molecule has 1 nitrogen and oxygen atoms in total. The highest BCUT2D eigenvalue weighted by Gasteiger charge is 2.33. The maximum Gasteiger partial charge on any atom is 0.123 e. The summed E-state index contributed by atoms with van der Waals surface area (Å²) in [6.45, 7) is 4.33. The molecule has 0 aliphatic carbocycles. The van der Waals surface area contributed by atoms with Crippen LogP contribution >= 0.6 is 0 Å². The number of benzene rings is 1. The third-order valence-corrected chi connectivity index (χ3v) is 4.01. The van der Waals surface area contributed by atoms with Crippen molar-refractivity contribution < 1.29 is 4.39 Å². The first-order valence-corrected chi connectivity index (χ1v) is 6.74. The topological polar surface area (TPSA) is 12.0 Å². The summed E-state index contributed by atoms with van der Waals surface area (Å²) in [5, 5.41) is 3.41. The smallest absolute Gasteiger partial charge is 0.123 e. The fourth-order valence-electron chi connectivity index (χ4n) is 2.92. The molecule has 2 heteroatoms. The van der Waals surface area contributed by atoms with E-state index in [1.165, 1.54) is 30.9 Å². The Kier molecular flexibility index (Phi) is 4.16. The lowest BCUT2D eigenvalue weighted by Gasteiger charge is -2.38. The van der Waals surface area contributed by atoms with E-state index in [0.29, 0.717) is 0 Å². The first kappa shape index (κ1) is 12.6. The van der Waals surface area contributed by atoms with Gasteiger partial charge in [0.2, 0.25) is 0 Å². The van der Waals surface area contributed by atoms with Crippen molar-refractivity contribution in [1.29, 1.82) is 0 Å². The molecule has 1 saturated heterocycles. The molecular formula is C15H22FN. The Balaban J connectivity index is 2.25. The molecule has 0 aromatic heterocycles. The van der Waals surface area contributed by atoms with Gasteiger partial charge in [-0.3, -0.25) is 0 Å². The van der Waals surface area contributed by atoms with Gasteiger partial charge in [0.15, 0.2) is 0 Å².